The first-order valence-corrected chi connectivity index (χ1v) is 4.15. The third kappa shape index (κ3) is 2.62. The number of hydrogen-bond acceptors (Lipinski definition) is 3. The Bertz CT molecular complexity index is 191. The SMILES string of the molecule is O=C(O)CC1CCNCCC1=O. The Kier molecular flexibility index (Phi) is 3.22. The van der Waals surface area contributed by atoms with Crippen LogP contribution in [0.5, 0.6) is 0 Å². The smallest absolute Gasteiger partial charge is 0.304 e. The Labute approximate surface area is 71.0 Å². The van der Waals surface area contributed by atoms with Gasteiger partial charge in [-0.25, -0.2) is 0 Å². The van der Waals surface area contributed by atoms with Crippen molar-refractivity contribution in [1.29, 1.82) is 0 Å². The van der Waals surface area contributed by atoms with Crippen molar-refractivity contribution in [1.82, 2.24) is 5.32 Å². The quantitative estimate of drug-likeness (QED) is 0.615. The minimum absolute atomic E-state index is 0.0134. The number of carbonyl (C=O) groups excluding carboxylic acids is 1. The van der Waals surface area contributed by atoms with Crippen LogP contribution < -0.4 is 5.32 Å². The number of aliphatic carboxylic acids is 1. The van der Waals surface area contributed by atoms with Gasteiger partial charge in [-0.15, -0.1) is 0 Å². The second-order valence-corrected chi connectivity index (χ2v) is 3.05. The number of ketones is 1. The van der Waals surface area contributed by atoms with Gasteiger partial charge in [0.25, 0.3) is 0 Å². The summed E-state index contributed by atoms with van der Waals surface area (Å²) in [6, 6.07) is 0. The van der Waals surface area contributed by atoms with Crippen molar-refractivity contribution >= 4 is 11.8 Å². The molecule has 0 spiro atoms. The summed E-state index contributed by atoms with van der Waals surface area (Å²) in [5.41, 5.74) is 0. The molecule has 0 radical (unpaired) electrons. The third-order valence-electron chi connectivity index (χ3n) is 2.09. The molecule has 0 aromatic rings. The van der Waals surface area contributed by atoms with Gasteiger partial charge in [0.15, 0.2) is 0 Å². The molecule has 1 rings (SSSR count). The minimum atomic E-state index is -0.879. The van der Waals surface area contributed by atoms with E-state index in [9.17, 15) is 9.59 Å². The van der Waals surface area contributed by atoms with Gasteiger partial charge >= 0.3 is 5.97 Å². The average Bonchev–Trinajstić information content (AvgIpc) is 2.16. The van der Waals surface area contributed by atoms with E-state index >= 15 is 0 Å². The molecule has 0 aromatic carbocycles. The Morgan fingerprint density at radius 3 is 3.00 bits per heavy atom. The van der Waals surface area contributed by atoms with E-state index in [2.05, 4.69) is 5.32 Å². The predicted molar refractivity (Wildman–Crippen MR) is 42.9 cm³/mol. The van der Waals surface area contributed by atoms with E-state index < -0.39 is 5.97 Å². The predicted octanol–water partition coefficient (Wildman–Crippen LogP) is 0.0298. The van der Waals surface area contributed by atoms with Gasteiger partial charge in [-0.05, 0) is 13.0 Å². The van der Waals surface area contributed by atoms with Crippen LogP contribution in [0.3, 0.4) is 0 Å². The molecular weight excluding hydrogens is 158 g/mol. The summed E-state index contributed by atoms with van der Waals surface area (Å²) >= 11 is 0. The lowest BCUT2D eigenvalue weighted by molar-refractivity contribution is -0.140. The molecule has 1 heterocycles. The van der Waals surface area contributed by atoms with E-state index in [-0.39, 0.29) is 18.1 Å². The number of nitrogens with one attached hydrogen (secondary N) is 1. The molecule has 1 aliphatic heterocycles. The molecule has 4 nitrogen and oxygen atoms in total. The molecule has 2 N–H and O–H groups in total. The highest BCUT2D eigenvalue weighted by Crippen LogP contribution is 2.13. The number of carboxylic acid groups (broad SMARTS) is 1. The van der Waals surface area contributed by atoms with Crippen molar-refractivity contribution in [2.24, 2.45) is 5.92 Å². The van der Waals surface area contributed by atoms with Crippen molar-refractivity contribution in [3.05, 3.63) is 0 Å². The second kappa shape index (κ2) is 4.21. The zero-order chi connectivity index (χ0) is 8.97. The van der Waals surface area contributed by atoms with E-state index in [0.29, 0.717) is 19.4 Å². The van der Waals surface area contributed by atoms with Gasteiger partial charge < -0.3 is 10.4 Å². The monoisotopic (exact) mass is 171 g/mol. The van der Waals surface area contributed by atoms with Crippen molar-refractivity contribution in [2.75, 3.05) is 13.1 Å². The average molecular weight is 171 g/mol. The Morgan fingerprint density at radius 2 is 2.33 bits per heavy atom. The fraction of sp³-hybridized carbons (Fsp3) is 0.750. The summed E-state index contributed by atoms with van der Waals surface area (Å²) in [6.45, 7) is 1.44. The molecule has 1 unspecified atom stereocenters. The van der Waals surface area contributed by atoms with Crippen LogP contribution in [0, 0.1) is 5.92 Å². The molecule has 1 saturated heterocycles. The summed E-state index contributed by atoms with van der Waals surface area (Å²) in [7, 11) is 0. The van der Waals surface area contributed by atoms with E-state index in [1.165, 1.54) is 0 Å². The van der Waals surface area contributed by atoms with E-state index in [0.717, 1.165) is 6.54 Å². The number of rotatable bonds is 2. The fourth-order valence-electron chi connectivity index (χ4n) is 1.40. The molecule has 68 valence electrons. The molecule has 0 aromatic heterocycles. The van der Waals surface area contributed by atoms with Gasteiger partial charge in [-0.2, -0.15) is 0 Å². The lowest BCUT2D eigenvalue weighted by Gasteiger charge is -2.07. The summed E-state index contributed by atoms with van der Waals surface area (Å²) < 4.78 is 0. The van der Waals surface area contributed by atoms with E-state index in [4.69, 9.17) is 5.11 Å². The highest BCUT2D eigenvalue weighted by atomic mass is 16.4. The first-order valence-electron chi connectivity index (χ1n) is 4.15. The standard InChI is InChI=1S/C8H13NO3/c10-7-2-4-9-3-1-6(7)5-8(11)12/h6,9H,1-5H2,(H,11,12). The lowest BCUT2D eigenvalue weighted by atomic mass is 9.96. The Balaban J connectivity index is 2.47. The van der Waals surface area contributed by atoms with Gasteiger partial charge in [-0.3, -0.25) is 9.59 Å². The fourth-order valence-corrected chi connectivity index (χ4v) is 1.40. The molecule has 1 atom stereocenters. The minimum Gasteiger partial charge on any atom is -0.481 e. The number of hydrogen-bond donors (Lipinski definition) is 2. The first-order chi connectivity index (χ1) is 5.70. The van der Waals surface area contributed by atoms with Gasteiger partial charge in [0, 0.05) is 18.9 Å². The molecular formula is C8H13NO3. The van der Waals surface area contributed by atoms with Crippen LogP contribution in [0.1, 0.15) is 19.3 Å². The van der Waals surface area contributed by atoms with Crippen LogP contribution in [0.15, 0.2) is 0 Å². The maximum atomic E-state index is 11.2. The van der Waals surface area contributed by atoms with Crippen LogP contribution in [-0.4, -0.2) is 29.9 Å². The molecule has 1 fully saturated rings. The molecule has 4 heteroatoms. The van der Waals surface area contributed by atoms with Crippen LogP contribution in [0.2, 0.25) is 0 Å². The Hall–Kier alpha value is -0.900. The summed E-state index contributed by atoms with van der Waals surface area (Å²) in [5.74, 6) is -1.06. The maximum absolute atomic E-state index is 11.2. The third-order valence-corrected chi connectivity index (χ3v) is 2.09. The van der Waals surface area contributed by atoms with E-state index in [1.807, 2.05) is 0 Å². The van der Waals surface area contributed by atoms with Gasteiger partial charge in [0.1, 0.15) is 5.78 Å². The van der Waals surface area contributed by atoms with Gasteiger partial charge in [0.05, 0.1) is 6.42 Å². The lowest BCUT2D eigenvalue weighted by Crippen LogP contribution is -2.17. The Morgan fingerprint density at radius 1 is 1.58 bits per heavy atom. The van der Waals surface area contributed by atoms with Crippen LogP contribution in [-0.2, 0) is 9.59 Å². The summed E-state index contributed by atoms with van der Waals surface area (Å²) in [6.07, 6.45) is 1.11. The van der Waals surface area contributed by atoms with Crippen molar-refractivity contribution in [3.8, 4) is 0 Å². The molecule has 0 amide bonds. The number of Topliss-reactive ketones (excluding diaryl/α,β-unsaturated/α-hetero) is 1. The summed E-state index contributed by atoms with van der Waals surface area (Å²) in [4.78, 5) is 21.6. The molecule has 0 bridgehead atoms. The van der Waals surface area contributed by atoms with Crippen LogP contribution in [0.4, 0.5) is 0 Å². The highest BCUT2D eigenvalue weighted by Gasteiger charge is 2.22. The number of carboxylic acids is 1. The first kappa shape index (κ1) is 9.19. The molecule has 0 saturated carbocycles. The second-order valence-electron chi connectivity index (χ2n) is 3.05. The van der Waals surface area contributed by atoms with Crippen molar-refractivity contribution in [2.45, 2.75) is 19.3 Å². The zero-order valence-corrected chi connectivity index (χ0v) is 6.88. The van der Waals surface area contributed by atoms with E-state index in [1.54, 1.807) is 0 Å². The normalized spacial score (nSPS) is 25.0. The molecule has 12 heavy (non-hydrogen) atoms. The van der Waals surface area contributed by atoms with Gasteiger partial charge in [-0.1, -0.05) is 0 Å². The molecule has 0 aliphatic carbocycles. The zero-order valence-electron chi connectivity index (χ0n) is 6.88. The number of carbonyl (C=O) groups is 2. The largest absolute Gasteiger partial charge is 0.481 e. The summed E-state index contributed by atoms with van der Waals surface area (Å²) in [5, 5.41) is 11.6. The molecule has 1 aliphatic rings. The van der Waals surface area contributed by atoms with Crippen molar-refractivity contribution < 1.29 is 14.7 Å². The van der Waals surface area contributed by atoms with Crippen LogP contribution in [0.25, 0.3) is 0 Å². The highest BCUT2D eigenvalue weighted by molar-refractivity contribution is 5.85. The van der Waals surface area contributed by atoms with Crippen molar-refractivity contribution in [3.63, 3.8) is 0 Å². The van der Waals surface area contributed by atoms with Gasteiger partial charge in [0.2, 0.25) is 0 Å². The maximum Gasteiger partial charge on any atom is 0.304 e. The van der Waals surface area contributed by atoms with Crippen LogP contribution >= 0.6 is 0 Å². The topological polar surface area (TPSA) is 66.4 Å².